The Balaban J connectivity index is 1.56. The summed E-state index contributed by atoms with van der Waals surface area (Å²) in [6.45, 7) is -0.136. The highest BCUT2D eigenvalue weighted by molar-refractivity contribution is 6.38. The Bertz CT molecular complexity index is 1400. The van der Waals surface area contributed by atoms with Crippen LogP contribution in [0.2, 0.25) is 15.1 Å². The quantitative estimate of drug-likeness (QED) is 0.322. The topological polar surface area (TPSA) is 77.9 Å². The summed E-state index contributed by atoms with van der Waals surface area (Å²) in [5, 5.41) is 13.0. The number of amides is 1. The zero-order chi connectivity index (χ0) is 22.8. The van der Waals surface area contributed by atoms with Gasteiger partial charge in [-0.15, -0.1) is 0 Å². The van der Waals surface area contributed by atoms with E-state index in [1.165, 1.54) is 30.3 Å². The number of carbonyl (C=O) groups excluding carboxylic acids is 1. The van der Waals surface area contributed by atoms with Crippen molar-refractivity contribution in [3.63, 3.8) is 0 Å². The minimum Gasteiger partial charge on any atom is -0.453 e. The van der Waals surface area contributed by atoms with Gasteiger partial charge in [0.15, 0.2) is 11.6 Å². The van der Waals surface area contributed by atoms with Crippen molar-refractivity contribution in [2.24, 2.45) is 0 Å². The van der Waals surface area contributed by atoms with Crippen LogP contribution in [0, 0.1) is 17.1 Å². The van der Waals surface area contributed by atoms with E-state index < -0.39 is 11.7 Å². The molecule has 0 aliphatic heterocycles. The van der Waals surface area contributed by atoms with Crippen molar-refractivity contribution in [1.82, 2.24) is 10.3 Å². The molecule has 0 saturated carbocycles. The van der Waals surface area contributed by atoms with Gasteiger partial charge in [-0.25, -0.2) is 4.39 Å². The van der Waals surface area contributed by atoms with Gasteiger partial charge in [0.25, 0.3) is 5.91 Å². The van der Waals surface area contributed by atoms with Gasteiger partial charge in [-0.1, -0.05) is 59.1 Å². The molecule has 2 N–H and O–H groups in total. The van der Waals surface area contributed by atoms with Crippen LogP contribution >= 0.6 is 34.8 Å². The van der Waals surface area contributed by atoms with Crippen LogP contribution in [0.3, 0.4) is 0 Å². The normalized spacial score (nSPS) is 10.7. The summed E-state index contributed by atoms with van der Waals surface area (Å²) >= 11 is 18.4. The van der Waals surface area contributed by atoms with Gasteiger partial charge < -0.3 is 15.0 Å². The van der Waals surface area contributed by atoms with E-state index >= 15 is 4.39 Å². The first-order valence-electron chi connectivity index (χ1n) is 9.27. The third-order valence-electron chi connectivity index (χ3n) is 4.66. The molecule has 0 fully saturated rings. The maximum absolute atomic E-state index is 15.1. The van der Waals surface area contributed by atoms with Gasteiger partial charge in [0.1, 0.15) is 11.4 Å². The van der Waals surface area contributed by atoms with E-state index in [2.05, 4.69) is 10.3 Å². The lowest BCUT2D eigenvalue weighted by molar-refractivity contribution is 0.0946. The molecular weight excluding hydrogens is 476 g/mol. The molecule has 1 amide bonds. The van der Waals surface area contributed by atoms with Crippen LogP contribution in [0.5, 0.6) is 11.5 Å². The molecular formula is C23H13Cl3FN3O2. The van der Waals surface area contributed by atoms with Crippen LogP contribution in [-0.4, -0.2) is 10.9 Å². The zero-order valence-electron chi connectivity index (χ0n) is 16.2. The number of carbonyl (C=O) groups is 1. The fraction of sp³-hybridized carbons (Fsp3) is 0.0435. The van der Waals surface area contributed by atoms with E-state index in [0.717, 1.165) is 0 Å². The minimum atomic E-state index is -0.751. The summed E-state index contributed by atoms with van der Waals surface area (Å²) in [7, 11) is 0. The molecule has 1 heterocycles. The summed E-state index contributed by atoms with van der Waals surface area (Å²) in [5.41, 5.74) is 1.30. The molecule has 0 unspecified atom stereocenters. The van der Waals surface area contributed by atoms with E-state index in [4.69, 9.17) is 44.8 Å². The number of nitriles is 1. The average molecular weight is 489 g/mol. The molecule has 1 aromatic heterocycles. The SMILES string of the molecule is N#Cc1cc(Cl)cc(Oc2c(Cl)ccc(CNC(=O)c3[nH]c4ccccc4c3Cl)c2F)c1. The lowest BCUT2D eigenvalue weighted by Crippen LogP contribution is -2.24. The number of benzene rings is 3. The number of hydrogen-bond acceptors (Lipinski definition) is 3. The molecule has 0 bridgehead atoms. The Morgan fingerprint density at radius 2 is 1.91 bits per heavy atom. The zero-order valence-corrected chi connectivity index (χ0v) is 18.4. The van der Waals surface area contributed by atoms with Gasteiger partial charge in [0.05, 0.1) is 21.7 Å². The number of fused-ring (bicyclic) bond motifs is 1. The van der Waals surface area contributed by atoms with Crippen LogP contribution in [-0.2, 0) is 6.54 Å². The maximum atomic E-state index is 15.1. The number of H-pyrrole nitrogens is 1. The van der Waals surface area contributed by atoms with Crippen LogP contribution < -0.4 is 10.1 Å². The maximum Gasteiger partial charge on any atom is 0.269 e. The molecule has 32 heavy (non-hydrogen) atoms. The highest BCUT2D eigenvalue weighted by atomic mass is 35.5. The molecule has 0 aliphatic rings. The van der Waals surface area contributed by atoms with Crippen molar-refractivity contribution in [2.75, 3.05) is 0 Å². The Morgan fingerprint density at radius 3 is 2.66 bits per heavy atom. The Morgan fingerprint density at radius 1 is 1.12 bits per heavy atom. The molecule has 5 nitrogen and oxygen atoms in total. The first-order valence-corrected chi connectivity index (χ1v) is 10.4. The first kappa shape index (κ1) is 22.0. The largest absolute Gasteiger partial charge is 0.453 e. The Labute approximate surface area is 197 Å². The summed E-state index contributed by atoms with van der Waals surface area (Å²) < 4.78 is 20.7. The fourth-order valence-electron chi connectivity index (χ4n) is 3.14. The molecule has 3 aromatic carbocycles. The smallest absolute Gasteiger partial charge is 0.269 e. The number of para-hydroxylation sites is 1. The Kier molecular flexibility index (Phi) is 6.24. The van der Waals surface area contributed by atoms with Crippen LogP contribution in [0.4, 0.5) is 4.39 Å². The van der Waals surface area contributed by atoms with Crippen LogP contribution in [0.15, 0.2) is 54.6 Å². The third-order valence-corrected chi connectivity index (χ3v) is 5.57. The second kappa shape index (κ2) is 9.09. The monoisotopic (exact) mass is 487 g/mol. The van der Waals surface area contributed by atoms with E-state index in [1.54, 1.807) is 12.1 Å². The number of ether oxygens (including phenoxy) is 1. The molecule has 4 rings (SSSR count). The van der Waals surface area contributed by atoms with Gasteiger partial charge in [-0.3, -0.25) is 4.79 Å². The highest BCUT2D eigenvalue weighted by Crippen LogP contribution is 2.35. The first-order chi connectivity index (χ1) is 15.4. The van der Waals surface area contributed by atoms with Crippen LogP contribution in [0.25, 0.3) is 10.9 Å². The predicted octanol–water partition coefficient (Wildman–Crippen LogP) is 6.86. The predicted molar refractivity (Wildman–Crippen MR) is 122 cm³/mol. The average Bonchev–Trinajstić information content (AvgIpc) is 3.12. The number of nitrogens with zero attached hydrogens (tertiary/aromatic N) is 1. The number of halogens is 4. The molecule has 160 valence electrons. The number of nitrogens with one attached hydrogen (secondary N) is 2. The lowest BCUT2D eigenvalue weighted by atomic mass is 10.2. The summed E-state index contributed by atoms with van der Waals surface area (Å²) in [6.07, 6.45) is 0. The van der Waals surface area contributed by atoms with Gasteiger partial charge in [-0.05, 0) is 30.3 Å². The standard InChI is InChI=1S/C23H13Cl3FN3O2/c24-14-7-12(10-28)8-15(9-14)32-22-17(25)6-5-13(20(22)27)11-29-23(31)21-19(26)16-3-1-2-4-18(16)30-21/h1-9,30H,11H2,(H,29,31). The van der Waals surface area contributed by atoms with E-state index in [1.807, 2.05) is 18.2 Å². The van der Waals surface area contributed by atoms with Crippen molar-refractivity contribution >= 4 is 51.6 Å². The second-order valence-electron chi connectivity index (χ2n) is 6.78. The number of hydrogen-bond donors (Lipinski definition) is 2. The summed E-state index contributed by atoms with van der Waals surface area (Å²) in [5.74, 6) is -1.33. The molecule has 0 saturated heterocycles. The van der Waals surface area contributed by atoms with Gasteiger partial charge >= 0.3 is 0 Å². The van der Waals surface area contributed by atoms with Crippen molar-refractivity contribution in [2.45, 2.75) is 6.54 Å². The van der Waals surface area contributed by atoms with E-state index in [9.17, 15) is 4.79 Å². The van der Waals surface area contributed by atoms with Crippen LogP contribution in [0.1, 0.15) is 21.6 Å². The second-order valence-corrected chi connectivity index (χ2v) is 8.00. The summed E-state index contributed by atoms with van der Waals surface area (Å²) in [4.78, 5) is 15.6. The third kappa shape index (κ3) is 4.37. The number of rotatable bonds is 5. The number of aromatic nitrogens is 1. The van der Waals surface area contributed by atoms with Crippen molar-refractivity contribution in [3.05, 3.63) is 92.3 Å². The summed E-state index contributed by atoms with van der Waals surface area (Å²) in [6, 6.07) is 16.4. The van der Waals surface area contributed by atoms with Crippen molar-refractivity contribution in [1.29, 1.82) is 5.26 Å². The lowest BCUT2D eigenvalue weighted by Gasteiger charge is -2.13. The molecule has 4 aromatic rings. The van der Waals surface area contributed by atoms with Gasteiger partial charge in [0, 0.05) is 28.0 Å². The van der Waals surface area contributed by atoms with E-state index in [0.29, 0.717) is 10.9 Å². The molecule has 0 spiro atoms. The van der Waals surface area contributed by atoms with E-state index in [-0.39, 0.29) is 49.9 Å². The van der Waals surface area contributed by atoms with Crippen molar-refractivity contribution in [3.8, 4) is 17.6 Å². The van der Waals surface area contributed by atoms with Gasteiger partial charge in [0.2, 0.25) is 0 Å². The Hall–Kier alpha value is -3.24. The molecule has 0 aliphatic carbocycles. The van der Waals surface area contributed by atoms with Crippen molar-refractivity contribution < 1.29 is 13.9 Å². The molecule has 0 radical (unpaired) electrons. The molecule has 9 heteroatoms. The van der Waals surface area contributed by atoms with Gasteiger partial charge in [-0.2, -0.15) is 5.26 Å². The number of aromatic amines is 1. The minimum absolute atomic E-state index is 0.0229. The molecule has 0 atom stereocenters. The fourth-order valence-corrected chi connectivity index (χ4v) is 3.84. The highest BCUT2D eigenvalue weighted by Gasteiger charge is 2.19.